The van der Waals surface area contributed by atoms with E-state index in [1.807, 2.05) is 54.2 Å². The molecule has 32 heavy (non-hydrogen) atoms. The molecule has 1 aliphatic carbocycles. The van der Waals surface area contributed by atoms with Gasteiger partial charge in [-0.3, -0.25) is 4.79 Å². The van der Waals surface area contributed by atoms with Crippen molar-refractivity contribution in [3.63, 3.8) is 0 Å². The second-order valence-corrected chi connectivity index (χ2v) is 10.3. The molecule has 0 radical (unpaired) electrons. The molecule has 2 atom stereocenters. The van der Waals surface area contributed by atoms with Crippen molar-refractivity contribution in [1.29, 1.82) is 0 Å². The van der Waals surface area contributed by atoms with Crippen LogP contribution >= 0.6 is 23.4 Å². The van der Waals surface area contributed by atoms with Gasteiger partial charge >= 0.3 is 0 Å². The maximum absolute atomic E-state index is 13.6. The number of hydrogen-bond donors (Lipinski definition) is 1. The summed E-state index contributed by atoms with van der Waals surface area (Å²) in [6.45, 7) is 5.66. The maximum atomic E-state index is 13.6. The van der Waals surface area contributed by atoms with Gasteiger partial charge in [-0.1, -0.05) is 44.0 Å². The molecule has 1 saturated carbocycles. The van der Waals surface area contributed by atoms with Gasteiger partial charge in [0.05, 0.1) is 0 Å². The summed E-state index contributed by atoms with van der Waals surface area (Å²) in [5.41, 5.74) is 3.05. The molecular weight excluding hydrogens is 442 g/mol. The molecule has 5 nitrogen and oxygen atoms in total. The van der Waals surface area contributed by atoms with Gasteiger partial charge in [0.15, 0.2) is 5.58 Å². The molecule has 1 fully saturated rings. The Morgan fingerprint density at radius 2 is 2.12 bits per heavy atom. The molecule has 2 aromatic carbocycles. The topological polar surface area (TPSA) is 58.4 Å². The van der Waals surface area contributed by atoms with Crippen molar-refractivity contribution in [3.05, 3.63) is 58.6 Å². The monoisotopic (exact) mass is 471 g/mol. The summed E-state index contributed by atoms with van der Waals surface area (Å²) in [5.74, 6) is 0.503. The summed E-state index contributed by atoms with van der Waals surface area (Å²) >= 11 is 7.94. The first-order valence-corrected chi connectivity index (χ1v) is 12.8. The molecule has 1 N–H and O–H groups in total. The molecule has 170 valence electrons. The zero-order chi connectivity index (χ0) is 22.7. The number of aromatic nitrogens is 1. The Balaban J connectivity index is 1.53. The molecule has 1 heterocycles. The SMILES string of the molecule is CSC1CCCC1N(CC(C)C)C(=O)c1ccc2oc(NCc3cccc(Cl)c3)nc2c1. The van der Waals surface area contributed by atoms with Crippen LogP contribution < -0.4 is 5.32 Å². The van der Waals surface area contributed by atoms with Crippen LogP contribution in [-0.4, -0.2) is 39.9 Å². The van der Waals surface area contributed by atoms with E-state index in [1.165, 1.54) is 12.8 Å². The van der Waals surface area contributed by atoms with Gasteiger partial charge in [-0.25, -0.2) is 0 Å². The zero-order valence-electron chi connectivity index (χ0n) is 18.8. The normalized spacial score (nSPS) is 18.4. The number of nitrogens with zero attached hydrogens (tertiary/aromatic N) is 2. The molecule has 1 amide bonds. The molecular formula is C25H30ClN3O2S. The number of carbonyl (C=O) groups is 1. The van der Waals surface area contributed by atoms with Crippen molar-refractivity contribution in [1.82, 2.24) is 9.88 Å². The van der Waals surface area contributed by atoms with Crippen molar-refractivity contribution in [2.75, 3.05) is 18.1 Å². The fraction of sp³-hybridized carbons (Fsp3) is 0.440. The number of anilines is 1. The number of oxazole rings is 1. The van der Waals surface area contributed by atoms with Crippen molar-refractivity contribution < 1.29 is 9.21 Å². The van der Waals surface area contributed by atoms with Crippen molar-refractivity contribution >= 4 is 46.4 Å². The van der Waals surface area contributed by atoms with E-state index in [1.54, 1.807) is 0 Å². The predicted molar refractivity (Wildman–Crippen MR) is 134 cm³/mol. The Bertz CT molecular complexity index is 1080. The number of thioether (sulfide) groups is 1. The minimum atomic E-state index is 0.0861. The second kappa shape index (κ2) is 10.2. The smallest absolute Gasteiger partial charge is 0.295 e. The molecule has 2 unspecified atom stereocenters. The summed E-state index contributed by atoms with van der Waals surface area (Å²) in [6, 6.07) is 13.9. The van der Waals surface area contributed by atoms with Crippen LogP contribution in [0.3, 0.4) is 0 Å². The van der Waals surface area contributed by atoms with E-state index in [-0.39, 0.29) is 5.91 Å². The first kappa shape index (κ1) is 23.0. The summed E-state index contributed by atoms with van der Waals surface area (Å²) in [6.07, 6.45) is 5.59. The number of hydrogen-bond acceptors (Lipinski definition) is 5. The van der Waals surface area contributed by atoms with Gasteiger partial charge < -0.3 is 14.6 Å². The molecule has 0 aliphatic heterocycles. The highest BCUT2D eigenvalue weighted by molar-refractivity contribution is 7.99. The van der Waals surface area contributed by atoms with E-state index >= 15 is 0 Å². The zero-order valence-corrected chi connectivity index (χ0v) is 20.4. The van der Waals surface area contributed by atoms with Gasteiger partial charge in [0.25, 0.3) is 11.9 Å². The molecule has 0 saturated heterocycles. The second-order valence-electron chi connectivity index (χ2n) is 8.81. The fourth-order valence-electron chi connectivity index (χ4n) is 4.43. The summed E-state index contributed by atoms with van der Waals surface area (Å²) in [4.78, 5) is 20.2. The van der Waals surface area contributed by atoms with Crippen LogP contribution in [0.15, 0.2) is 46.9 Å². The maximum Gasteiger partial charge on any atom is 0.295 e. The third kappa shape index (κ3) is 5.24. The molecule has 4 rings (SSSR count). The summed E-state index contributed by atoms with van der Waals surface area (Å²) in [5, 5.41) is 4.41. The van der Waals surface area contributed by atoms with E-state index < -0.39 is 0 Å². The van der Waals surface area contributed by atoms with Crippen molar-refractivity contribution in [3.8, 4) is 0 Å². The number of nitrogens with one attached hydrogen (secondary N) is 1. The number of fused-ring (bicyclic) bond motifs is 1. The number of halogens is 1. The standard InChI is InChI=1S/C25H30ClN3O2S/c1-16(2)15-29(21-8-5-9-23(21)32-3)24(30)18-10-11-22-20(13-18)28-25(31-22)27-14-17-6-4-7-19(26)12-17/h4,6-7,10-13,16,21,23H,5,8-9,14-15H2,1-3H3,(H,27,28). The van der Waals surface area contributed by atoms with Gasteiger partial charge in [0, 0.05) is 35.0 Å². The molecule has 7 heteroatoms. The van der Waals surface area contributed by atoms with Gasteiger partial charge in [-0.05, 0) is 60.9 Å². The fourth-order valence-corrected chi connectivity index (χ4v) is 5.64. The highest BCUT2D eigenvalue weighted by Gasteiger charge is 2.35. The van der Waals surface area contributed by atoms with Crippen LogP contribution in [0, 0.1) is 5.92 Å². The van der Waals surface area contributed by atoms with Crippen LogP contribution in [-0.2, 0) is 6.54 Å². The largest absolute Gasteiger partial charge is 0.424 e. The number of rotatable bonds is 8. The Morgan fingerprint density at radius 3 is 2.88 bits per heavy atom. The lowest BCUT2D eigenvalue weighted by molar-refractivity contribution is 0.0660. The van der Waals surface area contributed by atoms with E-state index in [0.29, 0.717) is 51.5 Å². The average Bonchev–Trinajstić information content (AvgIpc) is 3.41. The number of benzene rings is 2. The van der Waals surface area contributed by atoms with Crippen LogP contribution in [0.5, 0.6) is 0 Å². The first-order chi connectivity index (χ1) is 15.4. The van der Waals surface area contributed by atoms with E-state index in [9.17, 15) is 4.79 Å². The minimum Gasteiger partial charge on any atom is -0.424 e. The third-order valence-corrected chi connectivity index (χ3v) is 7.30. The molecule has 0 spiro atoms. The van der Waals surface area contributed by atoms with Gasteiger partial charge in [0.1, 0.15) is 5.52 Å². The van der Waals surface area contributed by atoms with Crippen LogP contribution in [0.2, 0.25) is 5.02 Å². The van der Waals surface area contributed by atoms with Gasteiger partial charge in [0.2, 0.25) is 0 Å². The quantitative estimate of drug-likeness (QED) is 0.407. The van der Waals surface area contributed by atoms with Crippen molar-refractivity contribution in [2.24, 2.45) is 5.92 Å². The molecule has 0 bridgehead atoms. The highest BCUT2D eigenvalue weighted by Crippen LogP contribution is 2.34. The van der Waals surface area contributed by atoms with Gasteiger partial charge in [-0.2, -0.15) is 16.7 Å². The first-order valence-electron chi connectivity index (χ1n) is 11.2. The number of amides is 1. The highest BCUT2D eigenvalue weighted by atomic mass is 35.5. The molecule has 1 aromatic heterocycles. The predicted octanol–water partition coefficient (Wildman–Crippen LogP) is 6.48. The average molecular weight is 472 g/mol. The van der Waals surface area contributed by atoms with E-state index in [2.05, 4.69) is 35.3 Å². The minimum absolute atomic E-state index is 0.0861. The summed E-state index contributed by atoms with van der Waals surface area (Å²) in [7, 11) is 0. The van der Waals surface area contributed by atoms with Crippen LogP contribution in [0.1, 0.15) is 49.0 Å². The Hall–Kier alpha value is -2.18. The van der Waals surface area contributed by atoms with E-state index in [4.69, 9.17) is 16.0 Å². The van der Waals surface area contributed by atoms with Gasteiger partial charge in [-0.15, -0.1) is 0 Å². The Morgan fingerprint density at radius 1 is 1.28 bits per heavy atom. The Labute approximate surface area is 198 Å². The lowest BCUT2D eigenvalue weighted by atomic mass is 10.1. The number of carbonyl (C=O) groups excluding carboxylic acids is 1. The molecule has 1 aliphatic rings. The molecule has 3 aromatic rings. The Kier molecular flexibility index (Phi) is 7.31. The lowest BCUT2D eigenvalue weighted by Crippen LogP contribution is -2.45. The lowest BCUT2D eigenvalue weighted by Gasteiger charge is -2.34. The van der Waals surface area contributed by atoms with Crippen LogP contribution in [0.4, 0.5) is 6.01 Å². The third-order valence-electron chi connectivity index (χ3n) is 5.91. The summed E-state index contributed by atoms with van der Waals surface area (Å²) < 4.78 is 5.83. The van der Waals surface area contributed by atoms with Crippen LogP contribution in [0.25, 0.3) is 11.1 Å². The van der Waals surface area contributed by atoms with E-state index in [0.717, 1.165) is 18.5 Å². The van der Waals surface area contributed by atoms with Crippen molar-refractivity contribution in [2.45, 2.75) is 50.9 Å².